The maximum absolute atomic E-state index is 10.4. The van der Waals surface area contributed by atoms with E-state index in [2.05, 4.69) is 18.6 Å². The molecule has 38 heavy (non-hydrogen) atoms. The third-order valence-corrected chi connectivity index (χ3v) is 4.48. The molecule has 0 atom stereocenters. The summed E-state index contributed by atoms with van der Waals surface area (Å²) in [6.07, 6.45) is 4.57. The molecule has 0 unspecified atom stereocenters. The highest BCUT2D eigenvalue weighted by Gasteiger charge is 1.95. The van der Waals surface area contributed by atoms with E-state index in [0.717, 1.165) is 26.1 Å². The number of methoxy groups -OCH3 is 1. The van der Waals surface area contributed by atoms with Crippen molar-refractivity contribution in [1.82, 2.24) is 0 Å². The Hall–Kier alpha value is -0.890. The van der Waals surface area contributed by atoms with E-state index in [1.54, 1.807) is 7.11 Å². The van der Waals surface area contributed by atoms with Gasteiger partial charge in [-0.1, -0.05) is 26.7 Å². The summed E-state index contributed by atoms with van der Waals surface area (Å²) in [4.78, 5) is 10.4. The van der Waals surface area contributed by atoms with E-state index in [1.165, 1.54) is 19.8 Å². The summed E-state index contributed by atoms with van der Waals surface area (Å²) in [7, 11) is 1.63. The van der Waals surface area contributed by atoms with Gasteiger partial charge in [-0.05, 0) is 12.8 Å². The van der Waals surface area contributed by atoms with Crippen LogP contribution in [0.15, 0.2) is 0 Å². The molecular weight excluding hydrogens is 500 g/mol. The van der Waals surface area contributed by atoms with E-state index in [1.807, 2.05) is 0 Å². The van der Waals surface area contributed by atoms with Crippen LogP contribution in [-0.4, -0.2) is 132 Å². The van der Waals surface area contributed by atoms with Gasteiger partial charge in [0.05, 0.1) is 99.1 Å². The van der Waals surface area contributed by atoms with Crippen molar-refractivity contribution in [3.8, 4) is 0 Å². The lowest BCUT2D eigenvalue weighted by Gasteiger charge is -2.07. The molecule has 0 aliphatic rings. The first-order valence-electron chi connectivity index (χ1n) is 13.9. The largest absolute Gasteiger partial charge is 0.463 e. The second-order valence-corrected chi connectivity index (χ2v) is 7.94. The number of rotatable bonds is 30. The number of carbonyl (C=O) groups is 1. The van der Waals surface area contributed by atoms with Crippen molar-refractivity contribution in [2.45, 2.75) is 46.5 Å². The lowest BCUT2D eigenvalue weighted by Crippen LogP contribution is -2.13. The number of carbonyl (C=O) groups excluding carboxylic acids is 1. The number of hydrogen-bond donors (Lipinski definition) is 0. The zero-order valence-electron chi connectivity index (χ0n) is 24.5. The Labute approximate surface area is 231 Å². The van der Waals surface area contributed by atoms with Crippen LogP contribution in [0, 0.1) is 0 Å². The Balaban J connectivity index is 0. The zero-order valence-corrected chi connectivity index (χ0v) is 24.5. The SMILES string of the molecule is CCCCOCCOCCOCCOCCOCCCC.COCCOCCOCCOCCOC(C)=O. The van der Waals surface area contributed by atoms with Crippen molar-refractivity contribution in [3.05, 3.63) is 0 Å². The third-order valence-electron chi connectivity index (χ3n) is 4.48. The molecule has 0 aromatic rings. The van der Waals surface area contributed by atoms with Gasteiger partial charge in [-0.3, -0.25) is 4.79 Å². The van der Waals surface area contributed by atoms with Crippen molar-refractivity contribution >= 4 is 5.97 Å². The molecule has 11 heteroatoms. The highest BCUT2D eigenvalue weighted by molar-refractivity contribution is 5.65. The van der Waals surface area contributed by atoms with E-state index in [4.69, 9.17) is 42.6 Å². The lowest BCUT2D eigenvalue weighted by molar-refractivity contribution is -0.142. The molecule has 0 saturated heterocycles. The van der Waals surface area contributed by atoms with Crippen LogP contribution in [0.4, 0.5) is 0 Å². The molecule has 0 fully saturated rings. The summed E-state index contributed by atoms with van der Waals surface area (Å²) in [6, 6.07) is 0. The molecule has 0 saturated carbocycles. The topological polar surface area (TPSA) is 109 Å². The van der Waals surface area contributed by atoms with Crippen molar-refractivity contribution in [2.24, 2.45) is 0 Å². The van der Waals surface area contributed by atoms with Gasteiger partial charge in [0.25, 0.3) is 0 Å². The number of hydrogen-bond acceptors (Lipinski definition) is 11. The highest BCUT2D eigenvalue weighted by Crippen LogP contribution is 1.89. The molecule has 0 radical (unpaired) electrons. The summed E-state index contributed by atoms with van der Waals surface area (Å²) in [5.74, 6) is -0.293. The van der Waals surface area contributed by atoms with Crippen molar-refractivity contribution in [1.29, 1.82) is 0 Å². The quantitative estimate of drug-likeness (QED) is 0.0962. The molecule has 0 amide bonds. The van der Waals surface area contributed by atoms with Gasteiger partial charge in [0.2, 0.25) is 0 Å². The summed E-state index contributed by atoms with van der Waals surface area (Å²) >= 11 is 0. The van der Waals surface area contributed by atoms with E-state index >= 15 is 0 Å². The van der Waals surface area contributed by atoms with Gasteiger partial charge in [0, 0.05) is 27.2 Å². The fraction of sp³-hybridized carbons (Fsp3) is 0.963. The summed E-state index contributed by atoms with van der Waals surface area (Å²) < 4.78 is 52.0. The number of unbranched alkanes of at least 4 members (excludes halogenated alkanes) is 2. The molecule has 0 spiro atoms. The standard InChI is InChI=1S/C16H34O5.C11H22O6/c1-3-5-7-17-9-11-19-13-15-21-16-14-20-12-10-18-8-6-4-2;1-11(12)17-10-9-16-8-7-15-6-5-14-4-3-13-2/h3-16H2,1-2H3;3-10H2,1-2H3. The number of ether oxygens (including phenoxy) is 10. The molecule has 0 rings (SSSR count). The second-order valence-electron chi connectivity index (χ2n) is 7.94. The van der Waals surface area contributed by atoms with Gasteiger partial charge < -0.3 is 47.4 Å². The summed E-state index contributed by atoms with van der Waals surface area (Å²) in [5.41, 5.74) is 0. The van der Waals surface area contributed by atoms with Gasteiger partial charge >= 0.3 is 5.97 Å². The maximum atomic E-state index is 10.4. The molecule has 0 N–H and O–H groups in total. The molecule has 230 valence electrons. The smallest absolute Gasteiger partial charge is 0.302 e. The van der Waals surface area contributed by atoms with Gasteiger partial charge in [0.15, 0.2) is 0 Å². The summed E-state index contributed by atoms with van der Waals surface area (Å²) in [5, 5.41) is 0. The molecule has 0 aromatic carbocycles. The highest BCUT2D eigenvalue weighted by atomic mass is 16.6. The molecule has 0 aliphatic carbocycles. The third kappa shape index (κ3) is 42.2. The fourth-order valence-corrected chi connectivity index (χ4v) is 2.40. The van der Waals surface area contributed by atoms with Gasteiger partial charge in [-0.2, -0.15) is 0 Å². The Morgan fingerprint density at radius 1 is 0.421 bits per heavy atom. The maximum Gasteiger partial charge on any atom is 0.302 e. The molecule has 0 bridgehead atoms. The van der Waals surface area contributed by atoms with E-state index in [9.17, 15) is 4.79 Å². The first-order chi connectivity index (χ1) is 18.7. The van der Waals surface area contributed by atoms with Crippen LogP contribution in [0.2, 0.25) is 0 Å². The van der Waals surface area contributed by atoms with Crippen molar-refractivity contribution < 1.29 is 52.2 Å². The zero-order chi connectivity index (χ0) is 28.2. The monoisotopic (exact) mass is 556 g/mol. The van der Waals surface area contributed by atoms with E-state index < -0.39 is 0 Å². The fourth-order valence-electron chi connectivity index (χ4n) is 2.40. The number of esters is 1. The van der Waals surface area contributed by atoms with Crippen LogP contribution in [0.5, 0.6) is 0 Å². The first-order valence-corrected chi connectivity index (χ1v) is 13.9. The minimum atomic E-state index is -0.293. The molecular formula is C27H56O11. The van der Waals surface area contributed by atoms with Crippen molar-refractivity contribution in [2.75, 3.05) is 126 Å². The Morgan fingerprint density at radius 2 is 0.684 bits per heavy atom. The average Bonchev–Trinajstić information content (AvgIpc) is 2.91. The minimum Gasteiger partial charge on any atom is -0.463 e. The van der Waals surface area contributed by atoms with Gasteiger partial charge in [-0.15, -0.1) is 0 Å². The van der Waals surface area contributed by atoms with E-state index in [0.29, 0.717) is 99.1 Å². The normalized spacial score (nSPS) is 10.8. The predicted molar refractivity (Wildman–Crippen MR) is 145 cm³/mol. The molecule has 0 aliphatic heterocycles. The Kier molecular flexibility index (Phi) is 39.5. The van der Waals surface area contributed by atoms with Crippen LogP contribution in [0.1, 0.15) is 46.5 Å². The molecule has 0 aromatic heterocycles. The molecule has 11 nitrogen and oxygen atoms in total. The van der Waals surface area contributed by atoms with E-state index in [-0.39, 0.29) is 12.6 Å². The predicted octanol–water partition coefficient (Wildman–Crippen LogP) is 2.92. The van der Waals surface area contributed by atoms with Crippen LogP contribution in [-0.2, 0) is 52.2 Å². The van der Waals surface area contributed by atoms with Crippen LogP contribution in [0.3, 0.4) is 0 Å². The Bertz CT molecular complexity index is 410. The summed E-state index contributed by atoms with van der Waals surface area (Å²) in [6.45, 7) is 16.3. The average molecular weight is 557 g/mol. The van der Waals surface area contributed by atoms with Crippen LogP contribution in [0.25, 0.3) is 0 Å². The minimum absolute atomic E-state index is 0.287. The van der Waals surface area contributed by atoms with Crippen LogP contribution >= 0.6 is 0 Å². The molecule has 0 heterocycles. The van der Waals surface area contributed by atoms with Crippen molar-refractivity contribution in [3.63, 3.8) is 0 Å². The van der Waals surface area contributed by atoms with Gasteiger partial charge in [0.1, 0.15) is 6.61 Å². The Morgan fingerprint density at radius 3 is 0.947 bits per heavy atom. The lowest BCUT2D eigenvalue weighted by atomic mass is 10.4. The second kappa shape index (κ2) is 38.3. The first kappa shape index (κ1) is 39.3. The van der Waals surface area contributed by atoms with Crippen LogP contribution < -0.4 is 0 Å². The van der Waals surface area contributed by atoms with Gasteiger partial charge in [-0.25, -0.2) is 0 Å².